The van der Waals surface area contributed by atoms with Gasteiger partial charge in [-0.15, -0.1) is 0 Å². The maximum absolute atomic E-state index is 9.02. The van der Waals surface area contributed by atoms with Crippen LogP contribution in [-0.2, 0) is 0 Å². The van der Waals surface area contributed by atoms with Crippen LogP contribution in [0.1, 0.15) is 18.6 Å². The highest BCUT2D eigenvalue weighted by Crippen LogP contribution is 2.08. The fraction of sp³-hybridized carbons (Fsp3) is 0.222. The standard InChI is InChI=1S/C8H10O.CH3NO2/c1-7(9)8-5-3-2-4-6-8;2-1(3)4/h2-7,9H,1H3;2H2,(H,3,4). The molecule has 1 unspecified atom stereocenters. The molecule has 0 bridgehead atoms. The van der Waals surface area contributed by atoms with Crippen molar-refractivity contribution >= 4 is 6.09 Å². The minimum Gasteiger partial charge on any atom is -0.465 e. The predicted octanol–water partition coefficient (Wildman–Crippen LogP) is 1.36. The zero-order valence-corrected chi connectivity index (χ0v) is 7.34. The lowest BCUT2D eigenvalue weighted by molar-refractivity contribution is 0.199. The van der Waals surface area contributed by atoms with Gasteiger partial charge in [0.15, 0.2) is 0 Å². The molecule has 4 N–H and O–H groups in total. The quantitative estimate of drug-likeness (QED) is 0.614. The van der Waals surface area contributed by atoms with Gasteiger partial charge in [-0.05, 0) is 12.5 Å². The molecular weight excluding hydrogens is 170 g/mol. The minimum atomic E-state index is -1.33. The molecule has 0 fully saturated rings. The number of primary amides is 1. The molecule has 0 aliphatic heterocycles. The molecule has 72 valence electrons. The molecule has 1 aromatic carbocycles. The lowest BCUT2D eigenvalue weighted by Crippen LogP contribution is -2.03. The molecule has 0 heterocycles. The summed E-state index contributed by atoms with van der Waals surface area (Å²) in [6, 6.07) is 9.59. The van der Waals surface area contributed by atoms with Crippen LogP contribution in [0.4, 0.5) is 4.79 Å². The van der Waals surface area contributed by atoms with E-state index in [0.29, 0.717) is 0 Å². The van der Waals surface area contributed by atoms with E-state index >= 15 is 0 Å². The zero-order chi connectivity index (χ0) is 10.3. The second-order valence-electron chi connectivity index (χ2n) is 2.42. The molecule has 0 aromatic heterocycles. The third-order valence-corrected chi connectivity index (χ3v) is 1.28. The van der Waals surface area contributed by atoms with Crippen molar-refractivity contribution in [1.82, 2.24) is 0 Å². The molecule has 1 rings (SSSR count). The monoisotopic (exact) mass is 183 g/mol. The molecule has 1 aromatic rings. The van der Waals surface area contributed by atoms with Crippen LogP contribution in [0.25, 0.3) is 0 Å². The van der Waals surface area contributed by atoms with Crippen molar-refractivity contribution in [3.8, 4) is 0 Å². The lowest BCUT2D eigenvalue weighted by atomic mass is 10.1. The smallest absolute Gasteiger partial charge is 0.402 e. The number of aliphatic hydroxyl groups is 1. The largest absolute Gasteiger partial charge is 0.465 e. The Bertz CT molecular complexity index is 242. The van der Waals surface area contributed by atoms with E-state index in [-0.39, 0.29) is 6.10 Å². The number of nitrogens with two attached hydrogens (primary N) is 1. The van der Waals surface area contributed by atoms with E-state index in [9.17, 15) is 0 Å². The lowest BCUT2D eigenvalue weighted by Gasteiger charge is -2.00. The molecule has 0 saturated carbocycles. The number of carboxylic acid groups (broad SMARTS) is 1. The summed E-state index contributed by atoms with van der Waals surface area (Å²) in [5.41, 5.74) is 5.00. The average Bonchev–Trinajstić information content (AvgIpc) is 2.05. The van der Waals surface area contributed by atoms with Crippen molar-refractivity contribution in [2.24, 2.45) is 5.73 Å². The van der Waals surface area contributed by atoms with Crippen LogP contribution in [0.2, 0.25) is 0 Å². The summed E-state index contributed by atoms with van der Waals surface area (Å²) < 4.78 is 0. The van der Waals surface area contributed by atoms with E-state index in [1.54, 1.807) is 6.92 Å². The minimum absolute atomic E-state index is 0.341. The van der Waals surface area contributed by atoms with Gasteiger partial charge in [0, 0.05) is 0 Å². The Morgan fingerprint density at radius 1 is 1.38 bits per heavy atom. The predicted molar refractivity (Wildman–Crippen MR) is 49.3 cm³/mol. The molecule has 0 saturated heterocycles. The number of aliphatic hydroxyl groups excluding tert-OH is 1. The molecule has 0 spiro atoms. The molecule has 0 aliphatic carbocycles. The van der Waals surface area contributed by atoms with E-state index in [1.807, 2.05) is 30.3 Å². The van der Waals surface area contributed by atoms with Crippen molar-refractivity contribution < 1.29 is 15.0 Å². The van der Waals surface area contributed by atoms with Gasteiger partial charge in [0.1, 0.15) is 0 Å². The Morgan fingerprint density at radius 2 is 1.77 bits per heavy atom. The summed E-state index contributed by atoms with van der Waals surface area (Å²) in [7, 11) is 0. The average molecular weight is 183 g/mol. The number of hydrogen-bond acceptors (Lipinski definition) is 2. The van der Waals surface area contributed by atoms with Crippen LogP contribution in [0.3, 0.4) is 0 Å². The van der Waals surface area contributed by atoms with Gasteiger partial charge < -0.3 is 15.9 Å². The molecule has 4 nitrogen and oxygen atoms in total. The Hall–Kier alpha value is -1.55. The third-order valence-electron chi connectivity index (χ3n) is 1.28. The van der Waals surface area contributed by atoms with Crippen molar-refractivity contribution in [3.63, 3.8) is 0 Å². The van der Waals surface area contributed by atoms with E-state index in [4.69, 9.17) is 15.0 Å². The summed E-state index contributed by atoms with van der Waals surface area (Å²) in [6.45, 7) is 1.76. The fourth-order valence-corrected chi connectivity index (χ4v) is 0.732. The van der Waals surface area contributed by atoms with Crippen molar-refractivity contribution in [3.05, 3.63) is 35.9 Å². The fourth-order valence-electron chi connectivity index (χ4n) is 0.732. The van der Waals surface area contributed by atoms with Crippen LogP contribution < -0.4 is 5.73 Å². The van der Waals surface area contributed by atoms with Gasteiger partial charge in [-0.25, -0.2) is 4.79 Å². The molecular formula is C9H13NO3. The topological polar surface area (TPSA) is 83.5 Å². The second kappa shape index (κ2) is 6.02. The van der Waals surface area contributed by atoms with Crippen molar-refractivity contribution in [2.45, 2.75) is 13.0 Å². The first-order chi connectivity index (χ1) is 6.04. The molecule has 0 radical (unpaired) electrons. The summed E-state index contributed by atoms with van der Waals surface area (Å²) in [6.07, 6.45) is -1.67. The maximum atomic E-state index is 9.02. The van der Waals surface area contributed by atoms with Gasteiger partial charge in [-0.1, -0.05) is 30.3 Å². The van der Waals surface area contributed by atoms with Crippen LogP contribution in [0, 0.1) is 0 Å². The van der Waals surface area contributed by atoms with Gasteiger partial charge >= 0.3 is 6.09 Å². The number of benzene rings is 1. The number of amides is 1. The van der Waals surface area contributed by atoms with Gasteiger partial charge in [-0.2, -0.15) is 0 Å². The third kappa shape index (κ3) is 6.83. The Kier molecular flexibility index (Phi) is 5.30. The van der Waals surface area contributed by atoms with Crippen LogP contribution >= 0.6 is 0 Å². The van der Waals surface area contributed by atoms with Gasteiger partial charge in [0.2, 0.25) is 0 Å². The molecule has 4 heteroatoms. The Balaban J connectivity index is 0.000000310. The summed E-state index contributed by atoms with van der Waals surface area (Å²) in [5.74, 6) is 0. The van der Waals surface area contributed by atoms with Gasteiger partial charge in [0.25, 0.3) is 0 Å². The van der Waals surface area contributed by atoms with E-state index < -0.39 is 6.09 Å². The van der Waals surface area contributed by atoms with E-state index in [1.165, 1.54) is 0 Å². The Morgan fingerprint density at radius 3 is 2.00 bits per heavy atom. The number of rotatable bonds is 1. The zero-order valence-electron chi connectivity index (χ0n) is 7.34. The summed E-state index contributed by atoms with van der Waals surface area (Å²) in [5, 5.41) is 16.2. The highest BCUT2D eigenvalue weighted by molar-refractivity contribution is 5.61. The second-order valence-corrected chi connectivity index (χ2v) is 2.42. The van der Waals surface area contributed by atoms with Crippen LogP contribution in [0.5, 0.6) is 0 Å². The first-order valence-corrected chi connectivity index (χ1v) is 3.75. The van der Waals surface area contributed by atoms with Gasteiger partial charge in [-0.3, -0.25) is 0 Å². The maximum Gasteiger partial charge on any atom is 0.402 e. The number of carbonyl (C=O) groups is 1. The van der Waals surface area contributed by atoms with Crippen molar-refractivity contribution in [1.29, 1.82) is 0 Å². The molecule has 1 atom stereocenters. The summed E-state index contributed by atoms with van der Waals surface area (Å²) >= 11 is 0. The first-order valence-electron chi connectivity index (χ1n) is 3.75. The van der Waals surface area contributed by atoms with E-state index in [2.05, 4.69) is 5.73 Å². The highest BCUT2D eigenvalue weighted by Gasteiger charge is 1.95. The first kappa shape index (κ1) is 11.4. The van der Waals surface area contributed by atoms with Crippen LogP contribution in [-0.4, -0.2) is 16.3 Å². The normalized spacial score (nSPS) is 10.9. The number of hydrogen-bond donors (Lipinski definition) is 3. The molecule has 13 heavy (non-hydrogen) atoms. The molecule has 1 amide bonds. The van der Waals surface area contributed by atoms with Crippen molar-refractivity contribution in [2.75, 3.05) is 0 Å². The SMILES string of the molecule is CC(O)c1ccccc1.NC(=O)O. The van der Waals surface area contributed by atoms with Gasteiger partial charge in [0.05, 0.1) is 6.10 Å². The summed E-state index contributed by atoms with van der Waals surface area (Å²) in [4.78, 5) is 8.78. The molecule has 0 aliphatic rings. The highest BCUT2D eigenvalue weighted by atomic mass is 16.4. The van der Waals surface area contributed by atoms with E-state index in [0.717, 1.165) is 5.56 Å². The Labute approximate surface area is 76.6 Å². The van der Waals surface area contributed by atoms with Crippen LogP contribution in [0.15, 0.2) is 30.3 Å².